The van der Waals surface area contributed by atoms with Gasteiger partial charge in [0.2, 0.25) is 0 Å². The van der Waals surface area contributed by atoms with Crippen LogP contribution in [0.5, 0.6) is 0 Å². The number of carbonyl (C=O) groups is 2. The number of thiophene rings is 1. The van der Waals surface area contributed by atoms with Crippen molar-refractivity contribution < 1.29 is 14.7 Å². The largest absolute Gasteiger partial charge is 0.396 e. The lowest BCUT2D eigenvalue weighted by atomic mass is 10.1. The van der Waals surface area contributed by atoms with Gasteiger partial charge >= 0.3 is 0 Å². The fourth-order valence-electron chi connectivity index (χ4n) is 2.99. The monoisotopic (exact) mass is 481 g/mol. The minimum atomic E-state index is -0.388. The molecule has 0 saturated heterocycles. The average Bonchev–Trinajstić information content (AvgIpc) is 3.27. The van der Waals surface area contributed by atoms with Gasteiger partial charge in [0.15, 0.2) is 0 Å². The zero-order valence-corrected chi connectivity index (χ0v) is 20.3. The van der Waals surface area contributed by atoms with Crippen molar-refractivity contribution >= 4 is 46.1 Å². The van der Waals surface area contributed by atoms with E-state index in [1.54, 1.807) is 35.5 Å². The van der Waals surface area contributed by atoms with Crippen LogP contribution >= 0.6 is 23.1 Å². The Bertz CT molecular complexity index is 1140. The Morgan fingerprint density at radius 2 is 1.94 bits per heavy atom. The summed E-state index contributed by atoms with van der Waals surface area (Å²) in [5.74, 6) is 0.979. The zero-order valence-electron chi connectivity index (χ0n) is 18.6. The maximum absolute atomic E-state index is 12.8. The predicted octanol–water partition coefficient (Wildman–Crippen LogP) is 5.00. The van der Waals surface area contributed by atoms with Gasteiger partial charge in [-0.25, -0.2) is 5.43 Å². The summed E-state index contributed by atoms with van der Waals surface area (Å²) in [5, 5.41) is 18.0. The van der Waals surface area contributed by atoms with E-state index in [1.807, 2.05) is 50.2 Å². The number of hydrogen-bond acceptors (Lipinski definition) is 6. The number of aliphatic hydroxyl groups excluding tert-OH is 1. The normalized spacial score (nSPS) is 11.0. The highest BCUT2D eigenvalue weighted by molar-refractivity contribution is 7.98. The summed E-state index contributed by atoms with van der Waals surface area (Å²) in [6.45, 7) is 4.25. The molecule has 3 aromatic rings. The molecule has 6 nitrogen and oxygen atoms in total. The second-order valence-corrected chi connectivity index (χ2v) is 9.51. The molecular formula is C25H27N3O3S2. The number of rotatable bonds is 10. The molecule has 0 spiro atoms. The molecule has 0 radical (unpaired) electrons. The lowest BCUT2D eigenvalue weighted by molar-refractivity contribution is 0.0956. The summed E-state index contributed by atoms with van der Waals surface area (Å²) < 4.78 is 0. The quantitative estimate of drug-likeness (QED) is 0.216. The first kappa shape index (κ1) is 24.7. The van der Waals surface area contributed by atoms with Gasteiger partial charge in [-0.3, -0.25) is 9.59 Å². The molecule has 0 aliphatic rings. The van der Waals surface area contributed by atoms with E-state index >= 15 is 0 Å². The van der Waals surface area contributed by atoms with Crippen LogP contribution in [0.1, 0.15) is 49.4 Å². The van der Waals surface area contributed by atoms with Crippen molar-refractivity contribution in [1.29, 1.82) is 0 Å². The molecule has 3 N–H and O–H groups in total. The van der Waals surface area contributed by atoms with Crippen LogP contribution in [-0.4, -0.2) is 35.5 Å². The summed E-state index contributed by atoms with van der Waals surface area (Å²) in [4.78, 5) is 25.4. The average molecular weight is 482 g/mol. The molecule has 0 bridgehead atoms. The Labute approximate surface area is 202 Å². The molecule has 0 unspecified atom stereocenters. The van der Waals surface area contributed by atoms with Crippen molar-refractivity contribution in [2.75, 3.05) is 17.7 Å². The maximum Gasteiger partial charge on any atom is 0.274 e. The van der Waals surface area contributed by atoms with Crippen molar-refractivity contribution in [3.63, 3.8) is 0 Å². The molecule has 172 valence electrons. The van der Waals surface area contributed by atoms with E-state index in [4.69, 9.17) is 5.11 Å². The predicted molar refractivity (Wildman–Crippen MR) is 138 cm³/mol. The summed E-state index contributed by atoms with van der Waals surface area (Å²) in [5.41, 5.74) is 7.70. The van der Waals surface area contributed by atoms with E-state index in [9.17, 15) is 9.59 Å². The van der Waals surface area contributed by atoms with E-state index in [1.165, 1.54) is 16.9 Å². The Morgan fingerprint density at radius 1 is 1.09 bits per heavy atom. The SMILES string of the molecule is Cc1ccc(/C=N/NC(=O)c2ccsc2NC(=O)c2cccc(CSCCCO)c2)cc1C. The third-order valence-electron chi connectivity index (χ3n) is 4.95. The number of aliphatic hydroxyl groups is 1. The van der Waals surface area contributed by atoms with Gasteiger partial charge in [0, 0.05) is 17.9 Å². The number of carbonyl (C=O) groups excluding carboxylic acids is 2. The highest BCUT2D eigenvalue weighted by Gasteiger charge is 2.16. The minimum absolute atomic E-state index is 0.184. The topological polar surface area (TPSA) is 90.8 Å². The van der Waals surface area contributed by atoms with Gasteiger partial charge in [-0.15, -0.1) is 11.3 Å². The Morgan fingerprint density at radius 3 is 2.73 bits per heavy atom. The van der Waals surface area contributed by atoms with Crippen molar-refractivity contribution in [1.82, 2.24) is 5.43 Å². The molecule has 1 aromatic heterocycles. The van der Waals surface area contributed by atoms with Crippen LogP contribution in [0.2, 0.25) is 0 Å². The molecule has 8 heteroatoms. The fourth-order valence-corrected chi connectivity index (χ4v) is 4.66. The Hall–Kier alpha value is -2.94. The van der Waals surface area contributed by atoms with Crippen LogP contribution in [-0.2, 0) is 5.75 Å². The van der Waals surface area contributed by atoms with Gasteiger partial charge in [-0.2, -0.15) is 16.9 Å². The number of thioether (sulfide) groups is 1. The second-order valence-electron chi connectivity index (χ2n) is 7.49. The molecule has 1 heterocycles. The lowest BCUT2D eigenvalue weighted by Gasteiger charge is -2.08. The Balaban J connectivity index is 1.60. The molecular weight excluding hydrogens is 454 g/mol. The standard InChI is InChI=1S/C25H27N3O3S2/c1-17-7-8-19(13-18(17)2)15-26-28-24(31)22-9-12-33-25(22)27-23(30)21-6-3-5-20(14-21)16-32-11-4-10-29/h3,5-9,12-15,29H,4,10-11,16H2,1-2H3,(H,27,30)(H,28,31)/b26-15+. The van der Waals surface area contributed by atoms with E-state index in [-0.39, 0.29) is 18.4 Å². The first-order chi connectivity index (χ1) is 16.0. The van der Waals surface area contributed by atoms with Crippen LogP contribution < -0.4 is 10.7 Å². The first-order valence-electron chi connectivity index (χ1n) is 10.5. The number of hydrazone groups is 1. The van der Waals surface area contributed by atoms with Gasteiger partial charge in [0.05, 0.1) is 11.8 Å². The highest BCUT2D eigenvalue weighted by atomic mass is 32.2. The van der Waals surface area contributed by atoms with E-state index in [0.717, 1.165) is 34.6 Å². The van der Waals surface area contributed by atoms with E-state index in [0.29, 0.717) is 16.1 Å². The summed E-state index contributed by atoms with van der Waals surface area (Å²) >= 11 is 3.00. The smallest absolute Gasteiger partial charge is 0.274 e. The van der Waals surface area contributed by atoms with Crippen LogP contribution in [0.3, 0.4) is 0 Å². The number of nitrogens with zero attached hydrogens (tertiary/aromatic N) is 1. The molecule has 0 fully saturated rings. The minimum Gasteiger partial charge on any atom is -0.396 e. The number of benzene rings is 2. The van der Waals surface area contributed by atoms with E-state index < -0.39 is 0 Å². The molecule has 0 aliphatic heterocycles. The second kappa shape index (κ2) is 12.3. The fraction of sp³-hybridized carbons (Fsp3) is 0.240. The first-order valence-corrected chi connectivity index (χ1v) is 12.6. The molecule has 0 saturated carbocycles. The lowest BCUT2D eigenvalue weighted by Crippen LogP contribution is -2.20. The third kappa shape index (κ3) is 7.28. The van der Waals surface area contributed by atoms with Crippen molar-refractivity contribution in [3.05, 3.63) is 87.3 Å². The zero-order chi connectivity index (χ0) is 23.6. The van der Waals surface area contributed by atoms with Gasteiger partial charge in [-0.1, -0.05) is 30.3 Å². The van der Waals surface area contributed by atoms with Gasteiger partial charge in [0.1, 0.15) is 5.00 Å². The summed E-state index contributed by atoms with van der Waals surface area (Å²) in [6.07, 6.45) is 2.35. The molecule has 0 atom stereocenters. The third-order valence-corrected chi connectivity index (χ3v) is 6.90. The van der Waals surface area contributed by atoms with E-state index in [2.05, 4.69) is 15.8 Å². The molecule has 3 rings (SSSR count). The molecule has 33 heavy (non-hydrogen) atoms. The number of hydrogen-bond donors (Lipinski definition) is 3. The van der Waals surface area contributed by atoms with Crippen molar-refractivity contribution in [2.24, 2.45) is 5.10 Å². The molecule has 2 amide bonds. The number of nitrogens with one attached hydrogen (secondary N) is 2. The van der Waals surface area contributed by atoms with Gasteiger partial charge in [-0.05, 0) is 71.9 Å². The van der Waals surface area contributed by atoms with Crippen LogP contribution in [0, 0.1) is 13.8 Å². The van der Waals surface area contributed by atoms with Gasteiger partial charge < -0.3 is 10.4 Å². The maximum atomic E-state index is 12.8. The van der Waals surface area contributed by atoms with Crippen LogP contribution in [0.15, 0.2) is 59.0 Å². The summed E-state index contributed by atoms with van der Waals surface area (Å²) in [7, 11) is 0. The van der Waals surface area contributed by atoms with Crippen LogP contribution in [0.4, 0.5) is 5.00 Å². The van der Waals surface area contributed by atoms with Crippen LogP contribution in [0.25, 0.3) is 0 Å². The molecule has 2 aromatic carbocycles. The van der Waals surface area contributed by atoms with Gasteiger partial charge in [0.25, 0.3) is 11.8 Å². The summed E-state index contributed by atoms with van der Waals surface area (Å²) in [6, 6.07) is 15.0. The van der Waals surface area contributed by atoms with Crippen molar-refractivity contribution in [3.8, 4) is 0 Å². The highest BCUT2D eigenvalue weighted by Crippen LogP contribution is 2.24. The van der Waals surface area contributed by atoms with Crippen molar-refractivity contribution in [2.45, 2.75) is 26.0 Å². The number of amides is 2. The number of aryl methyl sites for hydroxylation is 2. The molecule has 0 aliphatic carbocycles. The number of anilines is 1. The Kier molecular flexibility index (Phi) is 9.24.